The summed E-state index contributed by atoms with van der Waals surface area (Å²) >= 11 is 0. The highest BCUT2D eigenvalue weighted by Gasteiger charge is 2.54. The van der Waals surface area contributed by atoms with E-state index in [9.17, 15) is 49.7 Å². The number of alkyl halides is 9. The van der Waals surface area contributed by atoms with Crippen molar-refractivity contribution in [3.8, 4) is 0 Å². The molecular formula is C20H19F9N2O2. The maximum Gasteiger partial charge on any atom is 0.421 e. The van der Waals surface area contributed by atoms with Crippen LogP contribution in [0.4, 0.5) is 50.9 Å². The van der Waals surface area contributed by atoms with Crippen LogP contribution in [-0.2, 0) is 11.2 Å². The number of rotatable bonds is 4. The van der Waals surface area contributed by atoms with Crippen LogP contribution in [0, 0.1) is 0 Å². The Kier molecular flexibility index (Phi) is 6.42. The Morgan fingerprint density at radius 3 is 1.18 bits per heavy atom. The maximum atomic E-state index is 14.0. The first-order chi connectivity index (χ1) is 14.6. The summed E-state index contributed by atoms with van der Waals surface area (Å²) in [7, 11) is 0. The number of benzene rings is 2. The monoisotopic (exact) mass is 490 g/mol. The third kappa shape index (κ3) is 4.83. The molecule has 6 N–H and O–H groups in total. The van der Waals surface area contributed by atoms with Gasteiger partial charge in [-0.05, 0) is 49.2 Å². The van der Waals surface area contributed by atoms with Crippen LogP contribution in [0.5, 0.6) is 0 Å². The summed E-state index contributed by atoms with van der Waals surface area (Å²) in [6, 6.07) is 3.68. The van der Waals surface area contributed by atoms with E-state index in [1.807, 2.05) is 0 Å². The van der Waals surface area contributed by atoms with Gasteiger partial charge in [0, 0.05) is 22.5 Å². The largest absolute Gasteiger partial charge is 0.421 e. The SMILES string of the molecule is CC(O)(c1cc(C(c2ccc(N)c(C(C)(O)C(F)(F)F)c2)C(F)(F)F)ccc1N)C(F)(F)F. The van der Waals surface area contributed by atoms with Gasteiger partial charge in [-0.25, -0.2) is 0 Å². The molecule has 0 radical (unpaired) electrons. The third-order valence-corrected chi connectivity index (χ3v) is 5.30. The lowest BCUT2D eigenvalue weighted by atomic mass is 9.83. The summed E-state index contributed by atoms with van der Waals surface area (Å²) in [5.74, 6) is -2.73. The van der Waals surface area contributed by atoms with Crippen molar-refractivity contribution < 1.29 is 49.7 Å². The number of hydrogen-bond acceptors (Lipinski definition) is 4. The molecule has 2 aromatic rings. The molecule has 0 bridgehead atoms. The van der Waals surface area contributed by atoms with Gasteiger partial charge in [0.25, 0.3) is 0 Å². The summed E-state index contributed by atoms with van der Waals surface area (Å²) in [4.78, 5) is 0. The van der Waals surface area contributed by atoms with Gasteiger partial charge in [0.15, 0.2) is 11.2 Å². The van der Waals surface area contributed by atoms with Crippen LogP contribution in [0.25, 0.3) is 0 Å². The van der Waals surface area contributed by atoms with E-state index in [0.29, 0.717) is 38.1 Å². The molecule has 2 aromatic carbocycles. The third-order valence-electron chi connectivity index (χ3n) is 5.30. The van der Waals surface area contributed by atoms with E-state index in [1.54, 1.807) is 0 Å². The van der Waals surface area contributed by atoms with Crippen LogP contribution < -0.4 is 11.5 Å². The Balaban J connectivity index is 2.78. The Hall–Kier alpha value is -2.67. The van der Waals surface area contributed by atoms with Gasteiger partial charge < -0.3 is 21.7 Å². The second-order valence-corrected chi connectivity index (χ2v) is 7.81. The number of hydrogen-bond donors (Lipinski definition) is 4. The van der Waals surface area contributed by atoms with E-state index in [4.69, 9.17) is 11.5 Å². The highest BCUT2D eigenvalue weighted by Crippen LogP contribution is 2.47. The normalized spacial score (nSPS) is 17.8. The summed E-state index contributed by atoms with van der Waals surface area (Å²) in [6.45, 7) is 0.597. The number of aliphatic hydroxyl groups is 2. The van der Waals surface area contributed by atoms with E-state index in [0.717, 1.165) is 12.1 Å². The summed E-state index contributed by atoms with van der Waals surface area (Å²) in [6.07, 6.45) is -15.8. The van der Waals surface area contributed by atoms with E-state index < -0.39 is 69.3 Å². The topological polar surface area (TPSA) is 92.5 Å². The number of nitrogen functional groups attached to an aromatic ring is 2. The molecule has 0 saturated heterocycles. The fourth-order valence-electron chi connectivity index (χ4n) is 3.23. The number of nitrogens with two attached hydrogens (primary N) is 2. The van der Waals surface area contributed by atoms with Gasteiger partial charge in [-0.15, -0.1) is 0 Å². The lowest BCUT2D eigenvalue weighted by Gasteiger charge is -2.31. The Bertz CT molecular complexity index is 950. The van der Waals surface area contributed by atoms with Gasteiger partial charge in [-0.3, -0.25) is 0 Å². The fourth-order valence-corrected chi connectivity index (χ4v) is 3.23. The molecule has 13 heteroatoms. The summed E-state index contributed by atoms with van der Waals surface area (Å²) in [5.41, 5.74) is -1.44. The minimum Gasteiger partial charge on any atom is -0.398 e. The molecule has 0 aliphatic carbocycles. The van der Waals surface area contributed by atoms with E-state index in [-0.39, 0.29) is 0 Å². The first kappa shape index (κ1) is 26.6. The van der Waals surface area contributed by atoms with Crippen molar-refractivity contribution in [1.82, 2.24) is 0 Å². The van der Waals surface area contributed by atoms with Crippen LogP contribution in [0.2, 0.25) is 0 Å². The summed E-state index contributed by atoms with van der Waals surface area (Å²) < 4.78 is 121. The smallest absolute Gasteiger partial charge is 0.398 e. The lowest BCUT2D eigenvalue weighted by molar-refractivity contribution is -0.258. The molecule has 0 aromatic heterocycles. The zero-order chi connectivity index (χ0) is 25.8. The highest BCUT2D eigenvalue weighted by atomic mass is 19.4. The van der Waals surface area contributed by atoms with Crippen molar-refractivity contribution in [2.75, 3.05) is 11.5 Å². The average molecular weight is 490 g/mol. The molecule has 0 aliphatic rings. The Morgan fingerprint density at radius 2 is 0.939 bits per heavy atom. The summed E-state index contributed by atoms with van der Waals surface area (Å²) in [5, 5.41) is 19.8. The molecule has 0 fully saturated rings. The number of halogens is 9. The minimum atomic E-state index is -5.30. The van der Waals surface area contributed by atoms with Crippen molar-refractivity contribution in [2.45, 2.75) is 49.5 Å². The van der Waals surface area contributed by atoms with Crippen molar-refractivity contribution in [3.05, 3.63) is 58.7 Å². The molecule has 184 valence electrons. The molecule has 0 heterocycles. The molecule has 0 saturated carbocycles. The van der Waals surface area contributed by atoms with Crippen LogP contribution in [0.15, 0.2) is 36.4 Å². The van der Waals surface area contributed by atoms with Gasteiger partial charge in [0.2, 0.25) is 0 Å². The number of anilines is 2. The maximum absolute atomic E-state index is 14.0. The second kappa shape index (κ2) is 7.97. The predicted molar refractivity (Wildman–Crippen MR) is 101 cm³/mol. The molecule has 33 heavy (non-hydrogen) atoms. The molecule has 0 amide bonds. The quantitative estimate of drug-likeness (QED) is 0.355. The van der Waals surface area contributed by atoms with Gasteiger partial charge >= 0.3 is 18.5 Å². The first-order valence-corrected chi connectivity index (χ1v) is 9.07. The van der Waals surface area contributed by atoms with E-state index in [2.05, 4.69) is 0 Å². The zero-order valence-corrected chi connectivity index (χ0v) is 17.0. The van der Waals surface area contributed by atoms with E-state index >= 15 is 0 Å². The van der Waals surface area contributed by atoms with Gasteiger partial charge in [-0.2, -0.15) is 39.5 Å². The molecule has 2 rings (SSSR count). The highest BCUT2D eigenvalue weighted by molar-refractivity contribution is 5.56. The molecule has 2 atom stereocenters. The standard InChI is InChI=1S/C20H19F9N2O2/c1-16(32,19(24,25)26)11-7-9(3-5-13(11)30)15(18(21,22)23)10-4-6-14(31)12(8-10)17(2,33)20(27,28)29/h3-8,15,32-33H,30-31H2,1-2H3. The van der Waals surface area contributed by atoms with E-state index in [1.165, 1.54) is 0 Å². The van der Waals surface area contributed by atoms with Crippen molar-refractivity contribution in [1.29, 1.82) is 0 Å². The predicted octanol–water partition coefficient (Wildman–Crippen LogP) is 5.08. The molecule has 2 unspecified atom stereocenters. The van der Waals surface area contributed by atoms with Crippen molar-refractivity contribution in [3.63, 3.8) is 0 Å². The van der Waals surface area contributed by atoms with Gasteiger partial charge in [0.05, 0.1) is 0 Å². The fraction of sp³-hybridized carbons (Fsp3) is 0.400. The van der Waals surface area contributed by atoms with Crippen LogP contribution in [-0.4, -0.2) is 28.7 Å². The molecule has 0 aliphatic heterocycles. The molecule has 0 spiro atoms. The van der Waals surface area contributed by atoms with Crippen LogP contribution >= 0.6 is 0 Å². The lowest BCUT2D eigenvalue weighted by Crippen LogP contribution is -2.40. The van der Waals surface area contributed by atoms with Gasteiger partial charge in [-0.1, -0.05) is 12.1 Å². The zero-order valence-electron chi connectivity index (χ0n) is 17.0. The van der Waals surface area contributed by atoms with Gasteiger partial charge in [0.1, 0.15) is 5.92 Å². The Morgan fingerprint density at radius 1 is 0.636 bits per heavy atom. The molecular weight excluding hydrogens is 471 g/mol. The minimum absolute atomic E-state index is 0.299. The van der Waals surface area contributed by atoms with Crippen molar-refractivity contribution >= 4 is 11.4 Å². The van der Waals surface area contributed by atoms with Crippen LogP contribution in [0.1, 0.15) is 42.0 Å². The first-order valence-electron chi connectivity index (χ1n) is 9.07. The second-order valence-electron chi connectivity index (χ2n) is 7.81. The molecule has 4 nitrogen and oxygen atoms in total. The Labute approximate surface area is 181 Å². The average Bonchev–Trinajstić information content (AvgIpc) is 2.61. The van der Waals surface area contributed by atoms with Crippen LogP contribution in [0.3, 0.4) is 0 Å². The van der Waals surface area contributed by atoms with Crippen molar-refractivity contribution in [2.24, 2.45) is 0 Å².